The molecule has 0 fully saturated rings. The van der Waals surface area contributed by atoms with Crippen LogP contribution in [0.4, 0.5) is 0 Å². The fraction of sp³-hybridized carbons (Fsp3) is 0.294. The normalized spacial score (nSPS) is 12.9. The van der Waals surface area contributed by atoms with Gasteiger partial charge in [-0.2, -0.15) is 0 Å². The summed E-state index contributed by atoms with van der Waals surface area (Å²) in [7, 11) is 0. The Hall–Kier alpha value is -2.76. The van der Waals surface area contributed by atoms with Gasteiger partial charge in [-0.3, -0.25) is 4.57 Å². The Balaban J connectivity index is 1.93. The minimum atomic E-state index is -0.0778. The summed E-state index contributed by atoms with van der Waals surface area (Å²) in [5, 5.41) is 0. The van der Waals surface area contributed by atoms with Gasteiger partial charge < -0.3 is 9.47 Å². The lowest BCUT2D eigenvalue weighted by atomic mass is 10.2. The summed E-state index contributed by atoms with van der Waals surface area (Å²) in [4.78, 5) is 17.3. The van der Waals surface area contributed by atoms with Crippen molar-refractivity contribution in [3.05, 3.63) is 47.0 Å². The fourth-order valence-electron chi connectivity index (χ4n) is 2.88. The Labute approximate surface area is 132 Å². The molecule has 2 aromatic heterocycles. The zero-order chi connectivity index (χ0) is 15.8. The Morgan fingerprint density at radius 3 is 2.96 bits per heavy atom. The molecule has 0 N–H and O–H groups in total. The first-order chi connectivity index (χ1) is 11.3. The maximum absolute atomic E-state index is 12.9. The molecular formula is C17H17N3O3. The smallest absolute Gasteiger partial charge is 0.334 e. The number of fused-ring (bicyclic) bond motifs is 2. The first-order valence-electron chi connectivity index (χ1n) is 7.76. The van der Waals surface area contributed by atoms with Crippen LogP contribution >= 0.6 is 0 Å². The third kappa shape index (κ3) is 2.18. The second-order valence-corrected chi connectivity index (χ2v) is 5.51. The molecule has 6 heteroatoms. The SMILES string of the molecule is CCCCn1c(=O)n(-c2ccc3c(c2)OCO3)c2ncccc21. The van der Waals surface area contributed by atoms with E-state index < -0.39 is 0 Å². The van der Waals surface area contributed by atoms with Crippen LogP contribution in [0, 0.1) is 0 Å². The number of imidazole rings is 1. The molecule has 0 atom stereocenters. The van der Waals surface area contributed by atoms with E-state index in [0.29, 0.717) is 23.7 Å². The van der Waals surface area contributed by atoms with Crippen molar-refractivity contribution < 1.29 is 9.47 Å². The highest BCUT2D eigenvalue weighted by Gasteiger charge is 2.19. The number of aromatic nitrogens is 3. The number of ether oxygens (including phenoxy) is 2. The van der Waals surface area contributed by atoms with Crippen LogP contribution < -0.4 is 15.2 Å². The van der Waals surface area contributed by atoms with Crippen molar-refractivity contribution in [1.29, 1.82) is 0 Å². The van der Waals surface area contributed by atoms with E-state index in [4.69, 9.17) is 9.47 Å². The average molecular weight is 311 g/mol. The monoisotopic (exact) mass is 311 g/mol. The minimum Gasteiger partial charge on any atom is -0.454 e. The number of aryl methyl sites for hydroxylation is 1. The molecule has 0 unspecified atom stereocenters. The molecule has 1 aliphatic rings. The lowest BCUT2D eigenvalue weighted by Gasteiger charge is -2.04. The van der Waals surface area contributed by atoms with Crippen LogP contribution in [-0.4, -0.2) is 20.9 Å². The van der Waals surface area contributed by atoms with Crippen molar-refractivity contribution in [3.8, 4) is 17.2 Å². The molecule has 4 rings (SSSR count). The summed E-state index contributed by atoms with van der Waals surface area (Å²) in [5.74, 6) is 1.35. The van der Waals surface area contributed by atoms with Gasteiger partial charge in [0.1, 0.15) is 0 Å². The number of hydrogen-bond donors (Lipinski definition) is 0. The summed E-state index contributed by atoms with van der Waals surface area (Å²) >= 11 is 0. The van der Waals surface area contributed by atoms with Crippen LogP contribution in [-0.2, 0) is 6.54 Å². The van der Waals surface area contributed by atoms with Gasteiger partial charge in [-0.25, -0.2) is 14.3 Å². The van der Waals surface area contributed by atoms with Crippen molar-refractivity contribution >= 4 is 11.2 Å². The highest BCUT2D eigenvalue weighted by Crippen LogP contribution is 2.33. The van der Waals surface area contributed by atoms with Gasteiger partial charge in [-0.05, 0) is 30.7 Å². The van der Waals surface area contributed by atoms with Gasteiger partial charge >= 0.3 is 5.69 Å². The predicted octanol–water partition coefficient (Wildman–Crippen LogP) is 2.72. The number of rotatable bonds is 4. The molecule has 0 amide bonds. The second kappa shape index (κ2) is 5.46. The van der Waals surface area contributed by atoms with Gasteiger partial charge in [0.2, 0.25) is 6.79 Å². The first kappa shape index (κ1) is 13.9. The lowest BCUT2D eigenvalue weighted by molar-refractivity contribution is 0.174. The van der Waals surface area contributed by atoms with Crippen molar-refractivity contribution in [3.63, 3.8) is 0 Å². The Morgan fingerprint density at radius 2 is 2.09 bits per heavy atom. The zero-order valence-electron chi connectivity index (χ0n) is 12.9. The molecule has 0 radical (unpaired) electrons. The van der Waals surface area contributed by atoms with Gasteiger partial charge in [-0.1, -0.05) is 13.3 Å². The number of hydrogen-bond acceptors (Lipinski definition) is 4. The molecule has 0 saturated carbocycles. The molecule has 23 heavy (non-hydrogen) atoms. The topological polar surface area (TPSA) is 58.3 Å². The van der Waals surface area contributed by atoms with E-state index in [-0.39, 0.29) is 12.5 Å². The summed E-state index contributed by atoms with van der Waals surface area (Å²) in [5.41, 5.74) is 2.17. The number of benzene rings is 1. The van der Waals surface area contributed by atoms with Crippen molar-refractivity contribution in [1.82, 2.24) is 14.1 Å². The Morgan fingerprint density at radius 1 is 1.22 bits per heavy atom. The fourth-order valence-corrected chi connectivity index (χ4v) is 2.88. The molecule has 3 heterocycles. The first-order valence-corrected chi connectivity index (χ1v) is 7.76. The summed E-state index contributed by atoms with van der Waals surface area (Å²) in [6.45, 7) is 3.01. The second-order valence-electron chi connectivity index (χ2n) is 5.51. The van der Waals surface area contributed by atoms with Gasteiger partial charge in [0, 0.05) is 18.8 Å². The van der Waals surface area contributed by atoms with Crippen molar-refractivity contribution in [2.75, 3.05) is 6.79 Å². The average Bonchev–Trinajstić information content (AvgIpc) is 3.14. The van der Waals surface area contributed by atoms with E-state index in [2.05, 4.69) is 11.9 Å². The molecule has 0 aliphatic carbocycles. The van der Waals surface area contributed by atoms with E-state index in [0.717, 1.165) is 24.0 Å². The molecule has 0 bridgehead atoms. The van der Waals surface area contributed by atoms with Crippen LogP contribution in [0.1, 0.15) is 19.8 Å². The van der Waals surface area contributed by atoms with Crippen molar-refractivity contribution in [2.24, 2.45) is 0 Å². The van der Waals surface area contributed by atoms with Gasteiger partial charge in [0.25, 0.3) is 0 Å². The standard InChI is InChI=1S/C17H17N3O3/c1-2-3-9-19-13-5-4-8-18-16(13)20(17(19)21)12-6-7-14-15(10-12)23-11-22-14/h4-8,10H,2-3,9,11H2,1H3. The van der Waals surface area contributed by atoms with Crippen LogP contribution in [0.5, 0.6) is 11.5 Å². The molecule has 6 nitrogen and oxygen atoms in total. The third-order valence-electron chi connectivity index (χ3n) is 4.04. The molecule has 0 saturated heterocycles. The predicted molar refractivity (Wildman–Crippen MR) is 86.4 cm³/mol. The molecule has 1 aliphatic heterocycles. The summed E-state index contributed by atoms with van der Waals surface area (Å²) < 4.78 is 14.2. The molecular weight excluding hydrogens is 294 g/mol. The minimum absolute atomic E-state index is 0.0778. The lowest BCUT2D eigenvalue weighted by Crippen LogP contribution is -2.23. The van der Waals surface area contributed by atoms with E-state index in [9.17, 15) is 4.79 Å². The van der Waals surface area contributed by atoms with Gasteiger partial charge in [-0.15, -0.1) is 0 Å². The summed E-state index contributed by atoms with van der Waals surface area (Å²) in [6, 6.07) is 9.29. The van der Waals surface area contributed by atoms with E-state index in [1.165, 1.54) is 0 Å². The van der Waals surface area contributed by atoms with Crippen LogP contribution in [0.2, 0.25) is 0 Å². The van der Waals surface area contributed by atoms with Crippen LogP contribution in [0.25, 0.3) is 16.9 Å². The maximum atomic E-state index is 12.9. The van der Waals surface area contributed by atoms with Crippen LogP contribution in [0.3, 0.4) is 0 Å². The third-order valence-corrected chi connectivity index (χ3v) is 4.04. The van der Waals surface area contributed by atoms with E-state index in [1.807, 2.05) is 30.3 Å². The molecule has 0 spiro atoms. The molecule has 1 aromatic carbocycles. The van der Waals surface area contributed by atoms with E-state index in [1.54, 1.807) is 15.3 Å². The van der Waals surface area contributed by atoms with Crippen molar-refractivity contribution in [2.45, 2.75) is 26.3 Å². The van der Waals surface area contributed by atoms with Gasteiger partial charge in [0.15, 0.2) is 17.1 Å². The zero-order valence-corrected chi connectivity index (χ0v) is 12.9. The Kier molecular flexibility index (Phi) is 3.29. The Bertz CT molecular complexity index is 926. The largest absolute Gasteiger partial charge is 0.454 e. The molecule has 3 aromatic rings. The highest BCUT2D eigenvalue weighted by atomic mass is 16.7. The highest BCUT2D eigenvalue weighted by molar-refractivity contribution is 5.74. The number of nitrogens with zero attached hydrogens (tertiary/aromatic N) is 3. The molecule has 118 valence electrons. The van der Waals surface area contributed by atoms with Crippen LogP contribution in [0.15, 0.2) is 41.3 Å². The number of unbranched alkanes of at least 4 members (excludes halogenated alkanes) is 1. The number of pyridine rings is 1. The summed E-state index contributed by atoms with van der Waals surface area (Å²) in [6.07, 6.45) is 3.69. The van der Waals surface area contributed by atoms with E-state index >= 15 is 0 Å². The maximum Gasteiger partial charge on any atom is 0.334 e. The quantitative estimate of drug-likeness (QED) is 0.743. The van der Waals surface area contributed by atoms with Gasteiger partial charge in [0.05, 0.1) is 11.2 Å².